The zero-order valence-electron chi connectivity index (χ0n) is 16.2. The Balaban J connectivity index is 1.51. The van der Waals surface area contributed by atoms with Gasteiger partial charge in [0.2, 0.25) is 0 Å². The van der Waals surface area contributed by atoms with Crippen LogP contribution in [-0.2, 0) is 6.42 Å². The standard InChI is InChI=1S/C24H22N4O/c25-18-24(17-19-5-2-1-3-6-19)10-15-28(16-11-24)23(29)21-7-4-12-27-22(21)20-8-13-26-14-9-20/h1-9,12-14H,10-11,15-17H2. The average molecular weight is 382 g/mol. The Kier molecular flexibility index (Phi) is 5.35. The Morgan fingerprint density at radius 3 is 2.41 bits per heavy atom. The van der Waals surface area contributed by atoms with Crippen LogP contribution in [0.15, 0.2) is 73.2 Å². The van der Waals surface area contributed by atoms with Gasteiger partial charge in [0, 0.05) is 37.2 Å². The fourth-order valence-corrected chi connectivity index (χ4v) is 3.94. The highest BCUT2D eigenvalue weighted by atomic mass is 16.2. The maximum atomic E-state index is 13.2. The van der Waals surface area contributed by atoms with Crippen LogP contribution in [-0.4, -0.2) is 33.9 Å². The fourth-order valence-electron chi connectivity index (χ4n) is 3.94. The molecule has 3 heterocycles. The molecule has 5 heteroatoms. The molecule has 1 fully saturated rings. The molecule has 0 unspecified atom stereocenters. The Bertz CT molecular complexity index is 1020. The monoisotopic (exact) mass is 382 g/mol. The minimum atomic E-state index is -0.416. The molecule has 0 bridgehead atoms. The largest absolute Gasteiger partial charge is 0.338 e. The predicted molar refractivity (Wildman–Crippen MR) is 111 cm³/mol. The highest BCUT2D eigenvalue weighted by molar-refractivity contribution is 5.99. The van der Waals surface area contributed by atoms with E-state index in [-0.39, 0.29) is 5.91 Å². The molecule has 1 amide bonds. The van der Waals surface area contributed by atoms with Gasteiger partial charge in [0.05, 0.1) is 22.7 Å². The summed E-state index contributed by atoms with van der Waals surface area (Å²) in [4.78, 5) is 23.6. The Hall–Kier alpha value is -3.52. The molecule has 0 saturated carbocycles. The maximum Gasteiger partial charge on any atom is 0.256 e. The van der Waals surface area contributed by atoms with Crippen LogP contribution >= 0.6 is 0 Å². The van der Waals surface area contributed by atoms with Gasteiger partial charge < -0.3 is 4.90 Å². The summed E-state index contributed by atoms with van der Waals surface area (Å²) in [6, 6.07) is 20.0. The number of carbonyl (C=O) groups is 1. The summed E-state index contributed by atoms with van der Waals surface area (Å²) < 4.78 is 0. The van der Waals surface area contributed by atoms with E-state index in [1.807, 2.05) is 41.3 Å². The number of piperidine rings is 1. The van der Waals surface area contributed by atoms with Gasteiger partial charge in [0.1, 0.15) is 0 Å². The Labute approximate surface area is 170 Å². The van der Waals surface area contributed by atoms with Crippen molar-refractivity contribution in [2.45, 2.75) is 19.3 Å². The van der Waals surface area contributed by atoms with Gasteiger partial charge >= 0.3 is 0 Å². The van der Waals surface area contributed by atoms with Crippen LogP contribution in [0.5, 0.6) is 0 Å². The van der Waals surface area contributed by atoms with Crippen molar-refractivity contribution in [3.05, 3.63) is 84.3 Å². The number of nitrogens with zero attached hydrogens (tertiary/aromatic N) is 4. The topological polar surface area (TPSA) is 69.9 Å². The smallest absolute Gasteiger partial charge is 0.256 e. The summed E-state index contributed by atoms with van der Waals surface area (Å²) in [5, 5.41) is 9.87. The highest BCUT2D eigenvalue weighted by Gasteiger charge is 2.36. The van der Waals surface area contributed by atoms with Gasteiger partial charge in [0.25, 0.3) is 5.91 Å². The van der Waals surface area contributed by atoms with Crippen LogP contribution in [0.3, 0.4) is 0 Å². The van der Waals surface area contributed by atoms with Gasteiger partial charge in [-0.2, -0.15) is 5.26 Å². The highest BCUT2D eigenvalue weighted by Crippen LogP contribution is 2.35. The molecular weight excluding hydrogens is 360 g/mol. The minimum Gasteiger partial charge on any atom is -0.338 e. The van der Waals surface area contributed by atoms with Crippen molar-refractivity contribution in [3.63, 3.8) is 0 Å². The van der Waals surface area contributed by atoms with Gasteiger partial charge in [0.15, 0.2) is 0 Å². The number of amides is 1. The molecule has 29 heavy (non-hydrogen) atoms. The lowest BCUT2D eigenvalue weighted by Crippen LogP contribution is -2.43. The van der Waals surface area contributed by atoms with Crippen molar-refractivity contribution < 1.29 is 4.79 Å². The SMILES string of the molecule is N#CC1(Cc2ccccc2)CCN(C(=O)c2cccnc2-c2ccncc2)CC1. The Morgan fingerprint density at radius 1 is 1.00 bits per heavy atom. The molecule has 3 aromatic rings. The van der Waals surface area contributed by atoms with E-state index in [4.69, 9.17) is 0 Å². The number of rotatable bonds is 4. The molecule has 2 aromatic heterocycles. The molecule has 1 aliphatic heterocycles. The second-order valence-electron chi connectivity index (χ2n) is 7.48. The summed E-state index contributed by atoms with van der Waals surface area (Å²) in [5.41, 5.74) is 2.88. The third-order valence-corrected chi connectivity index (χ3v) is 5.62. The Morgan fingerprint density at radius 2 is 1.72 bits per heavy atom. The van der Waals surface area contributed by atoms with Gasteiger partial charge in [-0.1, -0.05) is 30.3 Å². The van der Waals surface area contributed by atoms with E-state index < -0.39 is 5.41 Å². The van der Waals surface area contributed by atoms with Gasteiger partial charge in [-0.25, -0.2) is 0 Å². The zero-order valence-corrected chi connectivity index (χ0v) is 16.2. The first-order valence-corrected chi connectivity index (χ1v) is 9.81. The first-order chi connectivity index (χ1) is 14.2. The summed E-state index contributed by atoms with van der Waals surface area (Å²) in [7, 11) is 0. The summed E-state index contributed by atoms with van der Waals surface area (Å²) in [5.74, 6) is -0.0313. The molecule has 5 nitrogen and oxygen atoms in total. The van der Waals surface area contributed by atoms with E-state index in [0.717, 1.165) is 12.0 Å². The number of hydrogen-bond donors (Lipinski definition) is 0. The zero-order chi connectivity index (χ0) is 20.1. The fraction of sp³-hybridized carbons (Fsp3) is 0.250. The third-order valence-electron chi connectivity index (χ3n) is 5.62. The van der Waals surface area contributed by atoms with Crippen LogP contribution in [0, 0.1) is 16.7 Å². The molecule has 0 aliphatic carbocycles. The summed E-state index contributed by atoms with van der Waals surface area (Å²) in [6.07, 6.45) is 7.17. The molecule has 0 radical (unpaired) electrons. The molecular formula is C24H22N4O. The summed E-state index contributed by atoms with van der Waals surface area (Å²) in [6.45, 7) is 1.15. The van der Waals surface area contributed by atoms with Gasteiger partial charge in [-0.15, -0.1) is 0 Å². The van der Waals surface area contributed by atoms with E-state index >= 15 is 0 Å². The first-order valence-electron chi connectivity index (χ1n) is 9.81. The maximum absolute atomic E-state index is 13.2. The number of pyridine rings is 2. The van der Waals surface area contributed by atoms with E-state index in [1.54, 1.807) is 24.7 Å². The first kappa shape index (κ1) is 18.8. The van der Waals surface area contributed by atoms with E-state index in [9.17, 15) is 10.1 Å². The molecule has 1 saturated heterocycles. The molecule has 1 aliphatic rings. The predicted octanol–water partition coefficient (Wildman–Crippen LogP) is 4.13. The molecule has 144 valence electrons. The van der Waals surface area contributed by atoms with Crippen LogP contribution in [0.25, 0.3) is 11.3 Å². The van der Waals surface area contributed by atoms with Crippen molar-refractivity contribution in [1.82, 2.24) is 14.9 Å². The normalized spacial score (nSPS) is 15.5. The van der Waals surface area contributed by atoms with E-state index in [1.165, 1.54) is 5.56 Å². The second kappa shape index (κ2) is 8.24. The third kappa shape index (κ3) is 4.02. The number of nitriles is 1. The van der Waals surface area contributed by atoms with Crippen LogP contribution in [0.1, 0.15) is 28.8 Å². The van der Waals surface area contributed by atoms with Crippen LogP contribution in [0.2, 0.25) is 0 Å². The molecule has 0 N–H and O–H groups in total. The van der Waals surface area contributed by atoms with Crippen molar-refractivity contribution >= 4 is 5.91 Å². The van der Waals surface area contributed by atoms with Crippen molar-refractivity contribution in [2.75, 3.05) is 13.1 Å². The molecule has 0 spiro atoms. The summed E-state index contributed by atoms with van der Waals surface area (Å²) >= 11 is 0. The number of likely N-dealkylation sites (tertiary alicyclic amines) is 1. The second-order valence-corrected chi connectivity index (χ2v) is 7.48. The van der Waals surface area contributed by atoms with E-state index in [2.05, 4.69) is 28.2 Å². The lowest BCUT2D eigenvalue weighted by Gasteiger charge is -2.37. The van der Waals surface area contributed by atoms with Crippen LogP contribution < -0.4 is 0 Å². The van der Waals surface area contributed by atoms with Crippen molar-refractivity contribution in [1.29, 1.82) is 5.26 Å². The van der Waals surface area contributed by atoms with Crippen molar-refractivity contribution in [3.8, 4) is 17.3 Å². The van der Waals surface area contributed by atoms with Crippen LogP contribution in [0.4, 0.5) is 0 Å². The molecule has 0 atom stereocenters. The number of carbonyl (C=O) groups excluding carboxylic acids is 1. The minimum absolute atomic E-state index is 0.0313. The average Bonchev–Trinajstić information content (AvgIpc) is 2.80. The quantitative estimate of drug-likeness (QED) is 0.680. The molecule has 1 aromatic carbocycles. The lowest BCUT2D eigenvalue weighted by atomic mass is 9.75. The number of hydrogen-bond acceptors (Lipinski definition) is 4. The van der Waals surface area contributed by atoms with E-state index in [0.29, 0.717) is 37.2 Å². The van der Waals surface area contributed by atoms with Crippen molar-refractivity contribution in [2.24, 2.45) is 5.41 Å². The number of benzene rings is 1. The van der Waals surface area contributed by atoms with Gasteiger partial charge in [-0.3, -0.25) is 14.8 Å². The number of aromatic nitrogens is 2. The lowest BCUT2D eigenvalue weighted by molar-refractivity contribution is 0.0647. The van der Waals surface area contributed by atoms with Gasteiger partial charge in [-0.05, 0) is 49.1 Å². The molecule has 4 rings (SSSR count).